The smallest absolute Gasteiger partial charge is 0.301 e. The van der Waals surface area contributed by atoms with Crippen LogP contribution in [0.1, 0.15) is 35.2 Å². The fraction of sp³-hybridized carbons (Fsp3) is 0.615. The van der Waals surface area contributed by atoms with Crippen molar-refractivity contribution in [3.05, 3.63) is 23.2 Å². The summed E-state index contributed by atoms with van der Waals surface area (Å²) in [5, 5.41) is 0. The van der Waals surface area contributed by atoms with Gasteiger partial charge >= 0.3 is 5.91 Å². The highest BCUT2D eigenvalue weighted by molar-refractivity contribution is 5.92. The second-order valence-electron chi connectivity index (χ2n) is 5.37. The summed E-state index contributed by atoms with van der Waals surface area (Å²) >= 11 is 0. The van der Waals surface area contributed by atoms with E-state index in [1.54, 1.807) is 0 Å². The Bertz CT molecular complexity index is 441. The number of hydrazine groups is 1. The van der Waals surface area contributed by atoms with Gasteiger partial charge in [0.2, 0.25) is 0 Å². The van der Waals surface area contributed by atoms with Crippen molar-refractivity contribution in [2.45, 2.75) is 26.8 Å². The first-order chi connectivity index (χ1) is 8.51. The highest BCUT2D eigenvalue weighted by Gasteiger charge is 2.33. The Balaban J connectivity index is 1.94. The maximum Gasteiger partial charge on any atom is 0.301 e. The van der Waals surface area contributed by atoms with Crippen molar-refractivity contribution < 1.29 is 9.21 Å². The van der Waals surface area contributed by atoms with E-state index in [0.717, 1.165) is 36.2 Å². The maximum atomic E-state index is 11.4. The second kappa shape index (κ2) is 5.12. The van der Waals surface area contributed by atoms with Crippen molar-refractivity contribution in [2.24, 2.45) is 17.7 Å². The van der Waals surface area contributed by atoms with Crippen LogP contribution in [-0.2, 0) is 6.54 Å². The molecule has 5 heteroatoms. The molecule has 0 radical (unpaired) electrons. The molecule has 1 saturated carbocycles. The van der Waals surface area contributed by atoms with E-state index in [0.29, 0.717) is 5.76 Å². The molecule has 5 nitrogen and oxygen atoms in total. The molecule has 1 aliphatic rings. The molecule has 0 aliphatic heterocycles. The van der Waals surface area contributed by atoms with Gasteiger partial charge < -0.3 is 4.42 Å². The number of hydrogen-bond acceptors (Lipinski definition) is 4. The van der Waals surface area contributed by atoms with Crippen molar-refractivity contribution in [2.75, 3.05) is 13.6 Å². The Hall–Kier alpha value is -1.33. The third kappa shape index (κ3) is 2.91. The molecular weight excluding hydrogens is 230 g/mol. The van der Waals surface area contributed by atoms with Crippen LogP contribution in [0.5, 0.6) is 0 Å². The number of rotatable bonds is 5. The normalized spacial score (nSPS) is 22.3. The molecule has 1 aromatic heterocycles. The van der Waals surface area contributed by atoms with Crippen LogP contribution in [0.2, 0.25) is 0 Å². The zero-order valence-electron chi connectivity index (χ0n) is 11.2. The minimum atomic E-state index is -0.378. The Morgan fingerprint density at radius 2 is 2.33 bits per heavy atom. The van der Waals surface area contributed by atoms with Crippen LogP contribution in [0, 0.1) is 18.8 Å². The fourth-order valence-corrected chi connectivity index (χ4v) is 2.30. The Morgan fingerprint density at radius 1 is 1.67 bits per heavy atom. The predicted octanol–water partition coefficient (Wildman–Crippen LogP) is 1.28. The Morgan fingerprint density at radius 3 is 2.89 bits per heavy atom. The maximum absolute atomic E-state index is 11.4. The highest BCUT2D eigenvalue weighted by atomic mass is 16.4. The number of amides is 1. The summed E-state index contributed by atoms with van der Waals surface area (Å²) in [4.78, 5) is 13.7. The molecule has 2 atom stereocenters. The first-order valence-electron chi connectivity index (χ1n) is 6.30. The average Bonchev–Trinajstić information content (AvgIpc) is 2.85. The summed E-state index contributed by atoms with van der Waals surface area (Å²) in [6.45, 7) is 5.93. The molecule has 18 heavy (non-hydrogen) atoms. The molecule has 0 saturated heterocycles. The number of nitrogens with zero attached hydrogens (tertiary/aromatic N) is 1. The molecule has 1 amide bonds. The van der Waals surface area contributed by atoms with Gasteiger partial charge in [0.25, 0.3) is 0 Å². The zero-order valence-corrected chi connectivity index (χ0v) is 11.2. The minimum Gasteiger partial charge on any atom is -0.454 e. The van der Waals surface area contributed by atoms with Crippen molar-refractivity contribution in [3.63, 3.8) is 0 Å². The number of nitrogens with one attached hydrogen (secondary N) is 1. The van der Waals surface area contributed by atoms with Crippen molar-refractivity contribution in [1.82, 2.24) is 10.3 Å². The first-order valence-corrected chi connectivity index (χ1v) is 6.30. The number of furan rings is 1. The molecular formula is C13H21N3O2. The van der Waals surface area contributed by atoms with Crippen LogP contribution in [0.25, 0.3) is 0 Å². The van der Waals surface area contributed by atoms with Gasteiger partial charge in [0.1, 0.15) is 5.76 Å². The molecule has 1 aromatic rings. The minimum absolute atomic E-state index is 0.306. The summed E-state index contributed by atoms with van der Waals surface area (Å²) in [6.07, 6.45) is 1.32. The lowest BCUT2D eigenvalue weighted by Gasteiger charge is -2.14. The standard InChI is InChI=1S/C13H21N3O2/c1-8-4-10(8)6-16(3)7-11-5-9(2)12(18-11)13(17)15-14/h5,8,10H,4,6-7,14H2,1-3H3,(H,15,17). The Labute approximate surface area is 107 Å². The molecule has 2 unspecified atom stereocenters. The van der Waals surface area contributed by atoms with Gasteiger partial charge in [-0.25, -0.2) is 5.84 Å². The van der Waals surface area contributed by atoms with Gasteiger partial charge in [0.15, 0.2) is 5.76 Å². The summed E-state index contributed by atoms with van der Waals surface area (Å²) in [7, 11) is 2.07. The van der Waals surface area contributed by atoms with E-state index in [-0.39, 0.29) is 5.91 Å². The number of nitrogens with two attached hydrogens (primary N) is 1. The van der Waals surface area contributed by atoms with E-state index in [1.165, 1.54) is 6.42 Å². The third-order valence-electron chi connectivity index (χ3n) is 3.55. The molecule has 1 aliphatic carbocycles. The van der Waals surface area contributed by atoms with Crippen LogP contribution in [0.15, 0.2) is 10.5 Å². The molecule has 2 rings (SSSR count). The van der Waals surface area contributed by atoms with Crippen molar-refractivity contribution in [3.8, 4) is 0 Å². The van der Waals surface area contributed by atoms with Gasteiger partial charge in [0, 0.05) is 12.1 Å². The van der Waals surface area contributed by atoms with Crippen LogP contribution in [-0.4, -0.2) is 24.4 Å². The lowest BCUT2D eigenvalue weighted by molar-refractivity contribution is 0.0921. The zero-order chi connectivity index (χ0) is 13.3. The van der Waals surface area contributed by atoms with Crippen LogP contribution in [0.3, 0.4) is 0 Å². The average molecular weight is 251 g/mol. The van der Waals surface area contributed by atoms with Gasteiger partial charge in [-0.1, -0.05) is 6.92 Å². The lowest BCUT2D eigenvalue weighted by Crippen LogP contribution is -2.30. The predicted molar refractivity (Wildman–Crippen MR) is 68.7 cm³/mol. The number of hydrogen-bond donors (Lipinski definition) is 2. The highest BCUT2D eigenvalue weighted by Crippen LogP contribution is 2.38. The fourth-order valence-electron chi connectivity index (χ4n) is 2.30. The first kappa shape index (κ1) is 13.1. The van der Waals surface area contributed by atoms with Gasteiger partial charge in [0.05, 0.1) is 6.54 Å². The SMILES string of the molecule is Cc1cc(CN(C)CC2CC2C)oc1C(=O)NN. The van der Waals surface area contributed by atoms with E-state index in [4.69, 9.17) is 10.3 Å². The van der Waals surface area contributed by atoms with Crippen LogP contribution in [0.4, 0.5) is 0 Å². The summed E-state index contributed by atoms with van der Waals surface area (Å²) in [5.74, 6) is 7.51. The largest absolute Gasteiger partial charge is 0.454 e. The quantitative estimate of drug-likeness (QED) is 0.470. The molecule has 1 fully saturated rings. The Kier molecular flexibility index (Phi) is 3.73. The number of carbonyl (C=O) groups excluding carboxylic acids is 1. The van der Waals surface area contributed by atoms with Crippen LogP contribution < -0.4 is 11.3 Å². The number of nitrogen functional groups attached to an aromatic ring is 1. The summed E-state index contributed by atoms with van der Waals surface area (Å²) < 4.78 is 5.53. The molecule has 0 bridgehead atoms. The van der Waals surface area contributed by atoms with E-state index < -0.39 is 0 Å². The van der Waals surface area contributed by atoms with E-state index in [1.807, 2.05) is 13.0 Å². The van der Waals surface area contributed by atoms with Gasteiger partial charge in [-0.05, 0) is 38.3 Å². The number of aryl methyl sites for hydroxylation is 1. The van der Waals surface area contributed by atoms with Gasteiger partial charge in [-0.2, -0.15) is 0 Å². The molecule has 0 spiro atoms. The van der Waals surface area contributed by atoms with Gasteiger partial charge in [-0.3, -0.25) is 15.1 Å². The molecule has 0 aromatic carbocycles. The molecule has 3 N–H and O–H groups in total. The van der Waals surface area contributed by atoms with E-state index >= 15 is 0 Å². The van der Waals surface area contributed by atoms with Crippen LogP contribution >= 0.6 is 0 Å². The topological polar surface area (TPSA) is 71.5 Å². The second-order valence-corrected chi connectivity index (χ2v) is 5.37. The number of carbonyl (C=O) groups is 1. The van der Waals surface area contributed by atoms with E-state index in [2.05, 4.69) is 24.3 Å². The summed E-state index contributed by atoms with van der Waals surface area (Å²) in [6, 6.07) is 1.90. The van der Waals surface area contributed by atoms with E-state index in [9.17, 15) is 4.79 Å². The molecule has 1 heterocycles. The lowest BCUT2D eigenvalue weighted by atomic mass is 10.2. The van der Waals surface area contributed by atoms with Crippen molar-refractivity contribution in [1.29, 1.82) is 0 Å². The summed E-state index contributed by atoms with van der Waals surface area (Å²) in [5.41, 5.74) is 2.91. The van der Waals surface area contributed by atoms with Crippen molar-refractivity contribution >= 4 is 5.91 Å². The third-order valence-corrected chi connectivity index (χ3v) is 3.55. The monoisotopic (exact) mass is 251 g/mol. The van der Waals surface area contributed by atoms with Gasteiger partial charge in [-0.15, -0.1) is 0 Å². The molecule has 100 valence electrons.